The Balaban J connectivity index is 1.85. The molecule has 1 fully saturated rings. The molecule has 1 N–H and O–H groups in total. The summed E-state index contributed by atoms with van der Waals surface area (Å²) >= 11 is 0. The molecule has 1 aliphatic heterocycles. The Morgan fingerprint density at radius 1 is 0.969 bits per heavy atom. The lowest BCUT2D eigenvalue weighted by molar-refractivity contribution is -0.132. The smallest absolute Gasteiger partial charge is 0.300 e. The van der Waals surface area contributed by atoms with Crippen molar-refractivity contribution in [1.29, 1.82) is 0 Å². The van der Waals surface area contributed by atoms with Crippen LogP contribution in [0.4, 0.5) is 5.69 Å². The van der Waals surface area contributed by atoms with E-state index >= 15 is 0 Å². The summed E-state index contributed by atoms with van der Waals surface area (Å²) in [5.41, 5.74) is 2.89. The van der Waals surface area contributed by atoms with Crippen molar-refractivity contribution in [2.75, 3.05) is 11.5 Å². The van der Waals surface area contributed by atoms with Crippen LogP contribution in [0, 0.1) is 0 Å². The van der Waals surface area contributed by atoms with Crippen molar-refractivity contribution in [3.05, 3.63) is 95.3 Å². The Morgan fingerprint density at radius 3 is 2.22 bits per heavy atom. The summed E-state index contributed by atoms with van der Waals surface area (Å²) in [7, 11) is 0. The number of hydrogen-bond acceptors (Lipinski definition) is 5. The van der Waals surface area contributed by atoms with Crippen molar-refractivity contribution in [1.82, 2.24) is 4.98 Å². The standard InChI is InChI=1S/C26H24N2O4/c1-3-17-5-9-20(10-6-17)28-23(18-13-15-27-16-14-18)22(25(30)26(28)31)24(29)19-7-11-21(12-8-19)32-4-2/h5-16,23,29H,3-4H2,1-2H3/b24-22-. The summed E-state index contributed by atoms with van der Waals surface area (Å²) < 4.78 is 5.45. The van der Waals surface area contributed by atoms with E-state index in [1.807, 2.05) is 31.2 Å². The molecule has 4 rings (SSSR count). The Labute approximate surface area is 186 Å². The SMILES string of the molecule is CCOc1ccc(/C(O)=C2/C(=O)C(=O)N(c3ccc(CC)cc3)C2c2ccncc2)cc1. The molecule has 0 spiro atoms. The van der Waals surface area contributed by atoms with Crippen LogP contribution in [0.15, 0.2) is 78.6 Å². The third kappa shape index (κ3) is 3.87. The van der Waals surface area contributed by atoms with Gasteiger partial charge in [-0.25, -0.2) is 0 Å². The Bertz CT molecular complexity index is 1150. The maximum Gasteiger partial charge on any atom is 0.300 e. The molecule has 1 unspecified atom stereocenters. The number of pyridine rings is 1. The van der Waals surface area contributed by atoms with Gasteiger partial charge in [0.2, 0.25) is 0 Å². The van der Waals surface area contributed by atoms with Gasteiger partial charge >= 0.3 is 0 Å². The van der Waals surface area contributed by atoms with Crippen LogP contribution in [0.1, 0.15) is 36.6 Å². The number of hydrogen-bond donors (Lipinski definition) is 1. The van der Waals surface area contributed by atoms with Crippen LogP contribution in [0.5, 0.6) is 5.75 Å². The van der Waals surface area contributed by atoms with Gasteiger partial charge in [-0.2, -0.15) is 0 Å². The van der Waals surface area contributed by atoms with Crippen LogP contribution in [0.2, 0.25) is 0 Å². The first-order valence-corrected chi connectivity index (χ1v) is 10.6. The molecule has 0 aliphatic carbocycles. The third-order valence-corrected chi connectivity index (χ3v) is 5.53. The van der Waals surface area contributed by atoms with Crippen LogP contribution in [-0.2, 0) is 16.0 Å². The van der Waals surface area contributed by atoms with Gasteiger partial charge in [0, 0.05) is 23.6 Å². The molecule has 1 atom stereocenters. The monoisotopic (exact) mass is 428 g/mol. The van der Waals surface area contributed by atoms with Crippen molar-refractivity contribution in [3.8, 4) is 5.75 Å². The maximum absolute atomic E-state index is 13.1. The van der Waals surface area contributed by atoms with E-state index in [1.165, 1.54) is 4.90 Å². The molecule has 1 aromatic heterocycles. The second-order valence-electron chi connectivity index (χ2n) is 7.43. The summed E-state index contributed by atoms with van der Waals surface area (Å²) in [5, 5.41) is 11.1. The lowest BCUT2D eigenvalue weighted by Gasteiger charge is -2.25. The number of carbonyl (C=O) groups excluding carboxylic acids is 2. The van der Waals surface area contributed by atoms with Gasteiger partial charge in [0.15, 0.2) is 0 Å². The number of rotatable bonds is 6. The van der Waals surface area contributed by atoms with Gasteiger partial charge in [-0.3, -0.25) is 19.5 Å². The first kappa shape index (κ1) is 21.3. The lowest BCUT2D eigenvalue weighted by atomic mass is 9.95. The summed E-state index contributed by atoms with van der Waals surface area (Å²) in [6.07, 6.45) is 4.07. The summed E-state index contributed by atoms with van der Waals surface area (Å²) in [4.78, 5) is 31.7. The average Bonchev–Trinajstić information content (AvgIpc) is 3.10. The fourth-order valence-electron chi connectivity index (χ4n) is 3.88. The lowest BCUT2D eigenvalue weighted by Crippen LogP contribution is -2.29. The minimum Gasteiger partial charge on any atom is -0.507 e. The van der Waals surface area contributed by atoms with E-state index in [9.17, 15) is 14.7 Å². The molecule has 2 aromatic carbocycles. The van der Waals surface area contributed by atoms with Gasteiger partial charge in [-0.05, 0) is 73.0 Å². The number of aryl methyl sites for hydroxylation is 1. The quantitative estimate of drug-likeness (QED) is 0.351. The van der Waals surface area contributed by atoms with Crippen LogP contribution >= 0.6 is 0 Å². The summed E-state index contributed by atoms with van der Waals surface area (Å²) in [6.45, 7) is 4.46. The van der Waals surface area contributed by atoms with Crippen molar-refractivity contribution in [2.24, 2.45) is 0 Å². The largest absolute Gasteiger partial charge is 0.507 e. The molecule has 1 saturated heterocycles. The van der Waals surface area contributed by atoms with Gasteiger partial charge < -0.3 is 9.84 Å². The second kappa shape index (κ2) is 9.06. The number of aliphatic hydroxyl groups excluding tert-OH is 1. The van der Waals surface area contributed by atoms with Gasteiger partial charge in [0.05, 0.1) is 18.2 Å². The van der Waals surface area contributed by atoms with Gasteiger partial charge in [0.1, 0.15) is 11.5 Å². The van der Waals surface area contributed by atoms with Crippen molar-refractivity contribution >= 4 is 23.1 Å². The highest BCUT2D eigenvalue weighted by Crippen LogP contribution is 2.42. The fourth-order valence-corrected chi connectivity index (χ4v) is 3.88. The fraction of sp³-hybridized carbons (Fsp3) is 0.192. The average molecular weight is 428 g/mol. The maximum atomic E-state index is 13.1. The number of nitrogens with zero attached hydrogens (tertiary/aromatic N) is 2. The zero-order chi connectivity index (χ0) is 22.7. The number of aliphatic hydroxyl groups is 1. The molecule has 0 radical (unpaired) electrons. The third-order valence-electron chi connectivity index (χ3n) is 5.53. The number of ether oxygens (including phenoxy) is 1. The van der Waals surface area contributed by atoms with Gasteiger partial charge in [0.25, 0.3) is 11.7 Å². The predicted octanol–water partition coefficient (Wildman–Crippen LogP) is 4.67. The van der Waals surface area contributed by atoms with Gasteiger partial charge in [-0.15, -0.1) is 0 Å². The number of anilines is 1. The van der Waals surface area contributed by atoms with Crippen LogP contribution < -0.4 is 9.64 Å². The Morgan fingerprint density at radius 2 is 1.62 bits per heavy atom. The van der Waals surface area contributed by atoms with E-state index in [0.29, 0.717) is 29.2 Å². The number of carbonyl (C=O) groups is 2. The number of benzene rings is 2. The van der Waals surface area contributed by atoms with E-state index in [0.717, 1.165) is 12.0 Å². The van der Waals surface area contributed by atoms with Crippen molar-refractivity contribution in [2.45, 2.75) is 26.3 Å². The highest BCUT2D eigenvalue weighted by atomic mass is 16.5. The number of aromatic nitrogens is 1. The first-order chi connectivity index (χ1) is 15.5. The minimum atomic E-state index is -0.767. The highest BCUT2D eigenvalue weighted by Gasteiger charge is 2.46. The van der Waals surface area contributed by atoms with Crippen molar-refractivity contribution < 1.29 is 19.4 Å². The molecule has 6 heteroatoms. The molecule has 0 saturated carbocycles. The number of ketones is 1. The van der Waals surface area contributed by atoms with E-state index in [1.54, 1.807) is 48.8 Å². The molecule has 3 aromatic rings. The molecule has 2 heterocycles. The van der Waals surface area contributed by atoms with E-state index in [-0.39, 0.29) is 11.3 Å². The normalized spacial score (nSPS) is 17.6. The molecule has 1 amide bonds. The van der Waals surface area contributed by atoms with Crippen molar-refractivity contribution in [3.63, 3.8) is 0 Å². The first-order valence-electron chi connectivity index (χ1n) is 10.6. The van der Waals surface area contributed by atoms with E-state index in [4.69, 9.17) is 4.74 Å². The van der Waals surface area contributed by atoms with Crippen LogP contribution in [-0.4, -0.2) is 28.4 Å². The number of Topliss-reactive ketones (excluding diaryl/α,β-unsaturated/α-hetero) is 1. The molecule has 162 valence electrons. The Hall–Kier alpha value is -3.93. The highest BCUT2D eigenvalue weighted by molar-refractivity contribution is 6.51. The molecule has 32 heavy (non-hydrogen) atoms. The minimum absolute atomic E-state index is 0.0462. The van der Waals surface area contributed by atoms with E-state index < -0.39 is 17.7 Å². The molecule has 1 aliphatic rings. The molecule has 0 bridgehead atoms. The molecular weight excluding hydrogens is 404 g/mol. The topological polar surface area (TPSA) is 79.7 Å². The zero-order valence-corrected chi connectivity index (χ0v) is 18.0. The van der Waals surface area contributed by atoms with Gasteiger partial charge in [-0.1, -0.05) is 19.1 Å². The second-order valence-corrected chi connectivity index (χ2v) is 7.43. The van der Waals surface area contributed by atoms with E-state index in [2.05, 4.69) is 11.9 Å². The number of amides is 1. The molecule has 6 nitrogen and oxygen atoms in total. The predicted molar refractivity (Wildman–Crippen MR) is 122 cm³/mol. The zero-order valence-electron chi connectivity index (χ0n) is 18.0. The summed E-state index contributed by atoms with van der Waals surface area (Å²) in [6, 6.07) is 17.0. The molecular formula is C26H24N2O4. The van der Waals surface area contributed by atoms with Crippen LogP contribution in [0.3, 0.4) is 0 Å². The Kier molecular flexibility index (Phi) is 6.03. The van der Waals surface area contributed by atoms with Crippen LogP contribution in [0.25, 0.3) is 5.76 Å². The summed E-state index contributed by atoms with van der Waals surface area (Å²) in [5.74, 6) is -0.964.